The molecule has 0 aliphatic carbocycles. The molecule has 2 N–H and O–H groups in total. The molecule has 7 heteroatoms. The van der Waals surface area contributed by atoms with E-state index >= 15 is 0 Å². The van der Waals surface area contributed by atoms with Gasteiger partial charge in [0.05, 0.1) is 22.4 Å². The number of hydrogen-bond donors (Lipinski definition) is 2. The van der Waals surface area contributed by atoms with Crippen molar-refractivity contribution < 1.29 is 9.59 Å². The van der Waals surface area contributed by atoms with Crippen LogP contribution in [0.15, 0.2) is 40.2 Å². The van der Waals surface area contributed by atoms with E-state index in [1.165, 1.54) is 23.1 Å². The van der Waals surface area contributed by atoms with Crippen LogP contribution in [0.1, 0.15) is 33.9 Å². The molecular formula is C21H21N3O2S2. The maximum Gasteiger partial charge on any atom is 0.234 e. The number of nitrogens with zero attached hydrogens (tertiary/aromatic N) is 1. The Balaban J connectivity index is 1.74. The van der Waals surface area contributed by atoms with Gasteiger partial charge in [-0.1, -0.05) is 35.5 Å². The third kappa shape index (κ3) is 4.46. The van der Waals surface area contributed by atoms with Crippen molar-refractivity contribution in [3.63, 3.8) is 0 Å². The van der Waals surface area contributed by atoms with E-state index in [2.05, 4.69) is 16.7 Å². The number of amides is 2. The molecule has 0 radical (unpaired) electrons. The van der Waals surface area contributed by atoms with Crippen molar-refractivity contribution in [3.8, 4) is 6.07 Å². The van der Waals surface area contributed by atoms with Gasteiger partial charge >= 0.3 is 0 Å². The fourth-order valence-corrected chi connectivity index (χ4v) is 5.07. The number of hydrogen-bond acceptors (Lipinski definition) is 5. The SMILES string of the molecule is Cc1cc(C)c(NC(=O)CSC2=C(C#N)[C@H](c3cccs3)CC(=O)N2)c(C)c1. The minimum atomic E-state index is -0.245. The van der Waals surface area contributed by atoms with Crippen LogP contribution >= 0.6 is 23.1 Å². The molecule has 1 aromatic heterocycles. The molecule has 2 aromatic rings. The van der Waals surface area contributed by atoms with Crippen LogP contribution < -0.4 is 10.6 Å². The minimum absolute atomic E-state index is 0.116. The van der Waals surface area contributed by atoms with Gasteiger partial charge in [-0.05, 0) is 43.3 Å². The fourth-order valence-electron chi connectivity index (χ4n) is 3.36. The lowest BCUT2D eigenvalue weighted by Gasteiger charge is -2.24. The second kappa shape index (κ2) is 8.63. The Labute approximate surface area is 172 Å². The van der Waals surface area contributed by atoms with Gasteiger partial charge in [-0.2, -0.15) is 5.26 Å². The van der Waals surface area contributed by atoms with Gasteiger partial charge in [-0.15, -0.1) is 11.3 Å². The highest BCUT2D eigenvalue weighted by atomic mass is 32.2. The predicted molar refractivity (Wildman–Crippen MR) is 114 cm³/mol. The Kier molecular flexibility index (Phi) is 6.22. The molecule has 0 saturated carbocycles. The molecule has 0 spiro atoms. The Hall–Kier alpha value is -2.56. The van der Waals surface area contributed by atoms with E-state index in [0.29, 0.717) is 10.6 Å². The average molecular weight is 412 g/mol. The Bertz CT molecular complexity index is 965. The normalized spacial score (nSPS) is 16.5. The van der Waals surface area contributed by atoms with Crippen LogP contribution in [0.4, 0.5) is 5.69 Å². The highest BCUT2D eigenvalue weighted by Gasteiger charge is 2.30. The number of carbonyl (C=O) groups excluding carboxylic acids is 2. The summed E-state index contributed by atoms with van der Waals surface area (Å²) in [4.78, 5) is 25.6. The van der Waals surface area contributed by atoms with Crippen LogP contribution in [-0.2, 0) is 9.59 Å². The number of anilines is 1. The Morgan fingerprint density at radius 2 is 2.07 bits per heavy atom. The van der Waals surface area contributed by atoms with Gasteiger partial charge in [0.2, 0.25) is 11.8 Å². The van der Waals surface area contributed by atoms with Crippen LogP contribution in [-0.4, -0.2) is 17.6 Å². The molecule has 5 nitrogen and oxygen atoms in total. The summed E-state index contributed by atoms with van der Waals surface area (Å²) >= 11 is 2.72. The van der Waals surface area contributed by atoms with Crippen molar-refractivity contribution >= 4 is 40.6 Å². The van der Waals surface area contributed by atoms with Gasteiger partial charge in [-0.3, -0.25) is 9.59 Å². The number of thioether (sulfide) groups is 1. The first-order valence-corrected chi connectivity index (χ1v) is 10.7. The monoisotopic (exact) mass is 411 g/mol. The van der Waals surface area contributed by atoms with Crippen molar-refractivity contribution in [1.82, 2.24) is 5.32 Å². The smallest absolute Gasteiger partial charge is 0.234 e. The first kappa shape index (κ1) is 20.2. The van der Waals surface area contributed by atoms with Crippen LogP contribution in [0.25, 0.3) is 0 Å². The maximum absolute atomic E-state index is 12.5. The summed E-state index contributed by atoms with van der Waals surface area (Å²) in [5.41, 5.74) is 4.50. The molecule has 0 bridgehead atoms. The van der Waals surface area contributed by atoms with E-state index in [0.717, 1.165) is 27.3 Å². The van der Waals surface area contributed by atoms with Crippen molar-refractivity contribution in [2.75, 3.05) is 11.1 Å². The summed E-state index contributed by atoms with van der Waals surface area (Å²) in [5, 5.41) is 17.8. The Morgan fingerprint density at radius 1 is 1.36 bits per heavy atom. The van der Waals surface area contributed by atoms with E-state index in [9.17, 15) is 14.9 Å². The van der Waals surface area contributed by atoms with Crippen molar-refractivity contribution in [3.05, 3.63) is 61.8 Å². The molecule has 0 fully saturated rings. The van der Waals surface area contributed by atoms with E-state index in [1.807, 2.05) is 50.4 Å². The zero-order valence-corrected chi connectivity index (χ0v) is 17.6. The third-order valence-corrected chi connectivity index (χ3v) is 6.53. The average Bonchev–Trinajstić information content (AvgIpc) is 3.17. The molecule has 1 aliphatic rings. The highest BCUT2D eigenvalue weighted by molar-refractivity contribution is 8.03. The number of carbonyl (C=O) groups is 2. The van der Waals surface area contributed by atoms with Gasteiger partial charge in [0, 0.05) is 22.9 Å². The molecule has 1 aliphatic heterocycles. The molecule has 2 heterocycles. The first-order chi connectivity index (χ1) is 13.4. The standard InChI is InChI=1S/C21H21N3O2S2/c1-12-7-13(2)20(14(3)8-12)23-19(26)11-28-21-16(10-22)15(9-18(25)24-21)17-5-4-6-27-17/h4-8,15H,9,11H2,1-3H3,(H,23,26)(H,24,25)/t15-/m1/s1. The summed E-state index contributed by atoms with van der Waals surface area (Å²) in [7, 11) is 0. The molecular weight excluding hydrogens is 390 g/mol. The molecule has 28 heavy (non-hydrogen) atoms. The lowest BCUT2D eigenvalue weighted by Crippen LogP contribution is -2.31. The minimum Gasteiger partial charge on any atom is -0.325 e. The molecule has 1 atom stereocenters. The molecule has 2 amide bonds. The van der Waals surface area contributed by atoms with Gasteiger partial charge in [0.25, 0.3) is 0 Å². The number of nitriles is 1. The van der Waals surface area contributed by atoms with Gasteiger partial charge in [0.1, 0.15) is 0 Å². The third-order valence-electron chi connectivity index (χ3n) is 4.53. The number of benzene rings is 1. The second-order valence-corrected chi connectivity index (χ2v) is 8.75. The number of thiophene rings is 1. The molecule has 1 aromatic carbocycles. The summed E-state index contributed by atoms with van der Waals surface area (Å²) < 4.78 is 0. The van der Waals surface area contributed by atoms with Crippen molar-refractivity contribution in [2.24, 2.45) is 0 Å². The van der Waals surface area contributed by atoms with Crippen LogP contribution in [0.2, 0.25) is 0 Å². The lowest BCUT2D eigenvalue weighted by atomic mass is 9.93. The van der Waals surface area contributed by atoms with E-state index in [4.69, 9.17) is 0 Å². The Morgan fingerprint density at radius 3 is 2.68 bits per heavy atom. The summed E-state index contributed by atoms with van der Waals surface area (Å²) in [6, 6.07) is 10.1. The maximum atomic E-state index is 12.5. The summed E-state index contributed by atoms with van der Waals surface area (Å²) in [5.74, 6) is -0.432. The number of allylic oxidation sites excluding steroid dienone is 1. The van der Waals surface area contributed by atoms with E-state index in [1.54, 1.807) is 0 Å². The quantitative estimate of drug-likeness (QED) is 0.765. The van der Waals surface area contributed by atoms with Crippen LogP contribution in [0, 0.1) is 32.1 Å². The zero-order valence-electron chi connectivity index (χ0n) is 16.0. The van der Waals surface area contributed by atoms with Crippen LogP contribution in [0.3, 0.4) is 0 Å². The van der Waals surface area contributed by atoms with Gasteiger partial charge in [-0.25, -0.2) is 0 Å². The van der Waals surface area contributed by atoms with E-state index < -0.39 is 0 Å². The molecule has 3 rings (SSSR count). The zero-order chi connectivity index (χ0) is 20.3. The molecule has 144 valence electrons. The van der Waals surface area contributed by atoms with Gasteiger partial charge in [0.15, 0.2) is 0 Å². The molecule has 0 saturated heterocycles. The summed E-state index contributed by atoms with van der Waals surface area (Å²) in [6.07, 6.45) is 0.251. The van der Waals surface area contributed by atoms with Crippen molar-refractivity contribution in [1.29, 1.82) is 5.26 Å². The van der Waals surface area contributed by atoms with Gasteiger partial charge < -0.3 is 10.6 Å². The highest BCUT2D eigenvalue weighted by Crippen LogP contribution is 2.37. The van der Waals surface area contributed by atoms with Crippen molar-refractivity contribution in [2.45, 2.75) is 33.1 Å². The predicted octanol–water partition coefficient (Wildman–Crippen LogP) is 4.38. The fraction of sp³-hybridized carbons (Fsp3) is 0.286. The summed E-state index contributed by atoms with van der Waals surface area (Å²) in [6.45, 7) is 5.95. The largest absolute Gasteiger partial charge is 0.325 e. The molecule has 0 unspecified atom stereocenters. The topological polar surface area (TPSA) is 82.0 Å². The lowest BCUT2D eigenvalue weighted by molar-refractivity contribution is -0.121. The first-order valence-electron chi connectivity index (χ1n) is 8.87. The number of nitrogens with one attached hydrogen (secondary N) is 2. The van der Waals surface area contributed by atoms with E-state index in [-0.39, 0.29) is 29.9 Å². The number of aryl methyl sites for hydroxylation is 3. The second-order valence-electron chi connectivity index (χ2n) is 6.79. The van der Waals surface area contributed by atoms with Crippen LogP contribution in [0.5, 0.6) is 0 Å². The number of rotatable bonds is 5.